The normalized spacial score (nSPS) is 9.55. The van der Waals surface area contributed by atoms with Crippen molar-refractivity contribution < 1.29 is 23.7 Å². The molecule has 0 saturated heterocycles. The summed E-state index contributed by atoms with van der Waals surface area (Å²) in [4.78, 5) is 15.1. The zero-order valence-corrected chi connectivity index (χ0v) is 11.5. The maximum atomic E-state index is 11.5. The third-order valence-corrected chi connectivity index (χ3v) is 2.26. The van der Waals surface area contributed by atoms with Crippen LogP contribution in [0.25, 0.3) is 0 Å². The topological polar surface area (TPSA) is 118 Å². The molecule has 0 heterocycles. The molecule has 110 valence electrons. The lowest BCUT2D eigenvalue weighted by Gasteiger charge is -2.13. The molecule has 0 atom stereocenters. The third kappa shape index (κ3) is 3.94. The first-order valence-electron chi connectivity index (χ1n) is 5.57. The maximum absolute atomic E-state index is 11.5. The lowest BCUT2D eigenvalue weighted by molar-refractivity contribution is -0.132. The van der Waals surface area contributed by atoms with Gasteiger partial charge in [-0.2, -0.15) is 0 Å². The first-order valence-corrected chi connectivity index (χ1v) is 5.57. The van der Waals surface area contributed by atoms with Crippen LogP contribution in [0.4, 0.5) is 0 Å². The Bertz CT molecular complexity index is 487. The molecule has 0 unspecified atom stereocenters. The molecule has 0 fully saturated rings. The fourth-order valence-electron chi connectivity index (χ4n) is 1.44. The van der Waals surface area contributed by atoms with Gasteiger partial charge in [-0.15, -0.1) is 0 Å². The lowest BCUT2D eigenvalue weighted by atomic mass is 10.2. The van der Waals surface area contributed by atoms with E-state index >= 15 is 0 Å². The van der Waals surface area contributed by atoms with Gasteiger partial charge in [0.2, 0.25) is 5.75 Å². The summed E-state index contributed by atoms with van der Waals surface area (Å²) >= 11 is 0. The van der Waals surface area contributed by atoms with Crippen molar-refractivity contribution in [2.24, 2.45) is 16.5 Å². The van der Waals surface area contributed by atoms with E-state index in [1.165, 1.54) is 33.5 Å². The van der Waals surface area contributed by atoms with Crippen LogP contribution in [0.3, 0.4) is 0 Å². The van der Waals surface area contributed by atoms with Gasteiger partial charge in [-0.3, -0.25) is 0 Å². The number of guanidine groups is 1. The molecule has 0 aromatic heterocycles. The number of hydrogen-bond acceptors (Lipinski definition) is 6. The summed E-state index contributed by atoms with van der Waals surface area (Å²) < 4.78 is 20.5. The molecule has 8 heteroatoms. The predicted molar refractivity (Wildman–Crippen MR) is 72.4 cm³/mol. The van der Waals surface area contributed by atoms with E-state index in [9.17, 15) is 4.79 Å². The molecule has 1 aromatic carbocycles. The van der Waals surface area contributed by atoms with E-state index in [1.54, 1.807) is 0 Å². The highest BCUT2D eigenvalue weighted by Crippen LogP contribution is 2.40. The van der Waals surface area contributed by atoms with Gasteiger partial charge in [0.05, 0.1) is 21.3 Å². The summed E-state index contributed by atoms with van der Waals surface area (Å²) in [7, 11) is 4.40. The van der Waals surface area contributed by atoms with Gasteiger partial charge in [-0.1, -0.05) is 0 Å². The lowest BCUT2D eigenvalue weighted by Crippen LogP contribution is -2.25. The van der Waals surface area contributed by atoms with Crippen LogP contribution in [0.1, 0.15) is 0 Å². The average Bonchev–Trinajstić information content (AvgIpc) is 2.43. The second-order valence-corrected chi connectivity index (χ2v) is 3.58. The summed E-state index contributed by atoms with van der Waals surface area (Å²) in [5.74, 6) is 0.571. The second-order valence-electron chi connectivity index (χ2n) is 3.58. The van der Waals surface area contributed by atoms with Crippen LogP contribution in [-0.4, -0.2) is 39.8 Å². The SMILES string of the molecule is COc1cc(OC(=O)CN=C(N)N)cc(OC)c1OC. The van der Waals surface area contributed by atoms with Crippen molar-refractivity contribution in [2.75, 3.05) is 27.9 Å². The molecule has 0 radical (unpaired) electrons. The summed E-state index contributed by atoms with van der Waals surface area (Å²) in [6.45, 7) is -0.279. The van der Waals surface area contributed by atoms with Gasteiger partial charge in [0, 0.05) is 12.1 Å². The molecule has 1 rings (SSSR count). The van der Waals surface area contributed by atoms with E-state index in [0.29, 0.717) is 17.2 Å². The Kier molecular flexibility index (Phi) is 5.45. The number of aliphatic imine (C=N–C) groups is 1. The molecule has 0 aliphatic rings. The minimum absolute atomic E-state index is 0.188. The van der Waals surface area contributed by atoms with Gasteiger partial charge in [-0.05, 0) is 0 Å². The minimum atomic E-state index is -0.618. The number of ether oxygens (including phenoxy) is 4. The van der Waals surface area contributed by atoms with Crippen LogP contribution in [0.5, 0.6) is 23.0 Å². The predicted octanol–water partition coefficient (Wildman–Crippen LogP) is -0.109. The summed E-state index contributed by atoms with van der Waals surface area (Å²) in [5, 5.41) is 0. The monoisotopic (exact) mass is 283 g/mol. The zero-order chi connectivity index (χ0) is 15.1. The first kappa shape index (κ1) is 15.4. The summed E-state index contributed by atoms with van der Waals surface area (Å²) in [6, 6.07) is 2.99. The van der Waals surface area contributed by atoms with Gasteiger partial charge in [0.25, 0.3) is 0 Å². The Hall–Kier alpha value is -2.64. The van der Waals surface area contributed by atoms with Crippen molar-refractivity contribution in [3.63, 3.8) is 0 Å². The van der Waals surface area contributed by atoms with Crippen LogP contribution in [-0.2, 0) is 4.79 Å². The number of esters is 1. The highest BCUT2D eigenvalue weighted by atomic mass is 16.5. The molecule has 0 saturated carbocycles. The highest BCUT2D eigenvalue weighted by molar-refractivity contribution is 5.81. The molecular weight excluding hydrogens is 266 g/mol. The molecule has 8 nitrogen and oxygen atoms in total. The molecule has 0 amide bonds. The number of nitrogens with zero attached hydrogens (tertiary/aromatic N) is 1. The Labute approximate surface area is 116 Å². The van der Waals surface area contributed by atoms with E-state index in [-0.39, 0.29) is 18.3 Å². The molecule has 0 bridgehead atoms. The van der Waals surface area contributed by atoms with E-state index < -0.39 is 5.97 Å². The molecular formula is C12H17N3O5. The van der Waals surface area contributed by atoms with E-state index in [1.807, 2.05) is 0 Å². The quantitative estimate of drug-likeness (QED) is 0.323. The van der Waals surface area contributed by atoms with Gasteiger partial charge in [-0.25, -0.2) is 9.79 Å². The number of carbonyl (C=O) groups is 1. The molecule has 20 heavy (non-hydrogen) atoms. The van der Waals surface area contributed by atoms with Crippen molar-refractivity contribution >= 4 is 11.9 Å². The molecule has 0 spiro atoms. The fourth-order valence-corrected chi connectivity index (χ4v) is 1.44. The number of methoxy groups -OCH3 is 3. The van der Waals surface area contributed by atoms with Gasteiger partial charge < -0.3 is 30.4 Å². The van der Waals surface area contributed by atoms with Crippen LogP contribution >= 0.6 is 0 Å². The average molecular weight is 283 g/mol. The van der Waals surface area contributed by atoms with Crippen LogP contribution < -0.4 is 30.4 Å². The molecule has 4 N–H and O–H groups in total. The number of carbonyl (C=O) groups excluding carboxylic acids is 1. The Morgan fingerprint density at radius 2 is 1.65 bits per heavy atom. The fraction of sp³-hybridized carbons (Fsp3) is 0.333. The number of nitrogens with two attached hydrogens (primary N) is 2. The number of benzene rings is 1. The van der Waals surface area contributed by atoms with Crippen molar-refractivity contribution in [2.45, 2.75) is 0 Å². The molecule has 0 aliphatic carbocycles. The van der Waals surface area contributed by atoms with Crippen molar-refractivity contribution in [1.29, 1.82) is 0 Å². The van der Waals surface area contributed by atoms with Gasteiger partial charge in [0.15, 0.2) is 17.5 Å². The van der Waals surface area contributed by atoms with Crippen molar-refractivity contribution in [3.8, 4) is 23.0 Å². The second kappa shape index (κ2) is 7.07. The Balaban J connectivity index is 2.96. The van der Waals surface area contributed by atoms with Crippen LogP contribution in [0, 0.1) is 0 Å². The van der Waals surface area contributed by atoms with E-state index in [4.69, 9.17) is 30.4 Å². The van der Waals surface area contributed by atoms with Crippen LogP contribution in [0.2, 0.25) is 0 Å². The van der Waals surface area contributed by atoms with E-state index in [0.717, 1.165) is 0 Å². The number of hydrogen-bond donors (Lipinski definition) is 2. The van der Waals surface area contributed by atoms with Crippen molar-refractivity contribution in [1.82, 2.24) is 0 Å². The third-order valence-electron chi connectivity index (χ3n) is 2.26. The zero-order valence-electron chi connectivity index (χ0n) is 11.5. The molecule has 0 aliphatic heterocycles. The Morgan fingerprint density at radius 1 is 1.10 bits per heavy atom. The summed E-state index contributed by atoms with van der Waals surface area (Å²) in [5.41, 5.74) is 10.3. The van der Waals surface area contributed by atoms with Crippen molar-refractivity contribution in [3.05, 3.63) is 12.1 Å². The molecule has 1 aromatic rings. The summed E-state index contributed by atoms with van der Waals surface area (Å²) in [6.07, 6.45) is 0. The largest absolute Gasteiger partial charge is 0.493 e. The smallest absolute Gasteiger partial charge is 0.333 e. The van der Waals surface area contributed by atoms with Gasteiger partial charge in [0.1, 0.15) is 12.3 Å². The first-order chi connectivity index (χ1) is 9.51. The van der Waals surface area contributed by atoms with Crippen LogP contribution in [0.15, 0.2) is 17.1 Å². The number of rotatable bonds is 6. The highest BCUT2D eigenvalue weighted by Gasteiger charge is 2.15. The standard InChI is InChI=1S/C12H17N3O5/c1-17-8-4-7(5-9(18-2)11(8)19-3)20-10(16)6-15-12(13)14/h4-5H,6H2,1-3H3,(H4,13,14,15). The van der Waals surface area contributed by atoms with E-state index in [2.05, 4.69) is 4.99 Å². The van der Waals surface area contributed by atoms with Gasteiger partial charge >= 0.3 is 5.97 Å². The maximum Gasteiger partial charge on any atom is 0.333 e. The minimum Gasteiger partial charge on any atom is -0.493 e. The Morgan fingerprint density at radius 3 is 2.05 bits per heavy atom.